The van der Waals surface area contributed by atoms with E-state index in [2.05, 4.69) is 17.8 Å². The Morgan fingerprint density at radius 3 is 2.58 bits per heavy atom. The SMILES string of the molecule is C#CCCCC(=O)Oc1ccc(C(=C)Nc2ccccc2N)cc1. The Kier molecular flexibility index (Phi) is 6.04. The molecule has 2 aromatic rings. The first kappa shape index (κ1) is 17.2. The number of nitrogens with one attached hydrogen (secondary N) is 1. The summed E-state index contributed by atoms with van der Waals surface area (Å²) in [7, 11) is 0. The maximum absolute atomic E-state index is 11.7. The van der Waals surface area contributed by atoms with Gasteiger partial charge >= 0.3 is 5.97 Å². The molecule has 0 amide bonds. The fourth-order valence-corrected chi connectivity index (χ4v) is 2.09. The van der Waals surface area contributed by atoms with Crippen LogP contribution >= 0.6 is 0 Å². The van der Waals surface area contributed by atoms with Gasteiger partial charge in [0.1, 0.15) is 5.75 Å². The van der Waals surface area contributed by atoms with Crippen LogP contribution in [-0.4, -0.2) is 5.97 Å². The standard InChI is InChI=1S/C20H20N2O2/c1-3-4-5-10-20(23)24-17-13-11-16(12-14-17)15(2)22-19-9-7-6-8-18(19)21/h1,6-9,11-14,22H,2,4-5,10,21H2. The first-order valence-corrected chi connectivity index (χ1v) is 7.65. The second kappa shape index (κ2) is 8.44. The summed E-state index contributed by atoms with van der Waals surface area (Å²) in [5.41, 5.74) is 8.94. The van der Waals surface area contributed by atoms with Crippen molar-refractivity contribution in [3.8, 4) is 18.1 Å². The maximum atomic E-state index is 11.7. The normalized spacial score (nSPS) is 9.79. The van der Waals surface area contributed by atoms with E-state index in [1.54, 1.807) is 12.1 Å². The first-order chi connectivity index (χ1) is 11.6. The zero-order chi connectivity index (χ0) is 17.4. The van der Waals surface area contributed by atoms with Crippen LogP contribution in [0.25, 0.3) is 5.70 Å². The van der Waals surface area contributed by atoms with Crippen LogP contribution in [0.15, 0.2) is 55.1 Å². The number of carbonyl (C=O) groups excluding carboxylic acids is 1. The maximum Gasteiger partial charge on any atom is 0.311 e. The molecule has 0 aromatic heterocycles. The van der Waals surface area contributed by atoms with E-state index in [1.165, 1.54) is 0 Å². The van der Waals surface area contributed by atoms with Gasteiger partial charge < -0.3 is 15.8 Å². The van der Waals surface area contributed by atoms with Crippen LogP contribution in [0.2, 0.25) is 0 Å². The lowest BCUT2D eigenvalue weighted by atomic mass is 10.1. The molecule has 24 heavy (non-hydrogen) atoms. The molecule has 0 saturated carbocycles. The molecular weight excluding hydrogens is 300 g/mol. The van der Waals surface area contributed by atoms with Gasteiger partial charge in [0.15, 0.2) is 0 Å². The highest BCUT2D eigenvalue weighted by atomic mass is 16.5. The van der Waals surface area contributed by atoms with Gasteiger partial charge in [0.2, 0.25) is 0 Å². The van der Waals surface area contributed by atoms with Gasteiger partial charge in [-0.3, -0.25) is 4.79 Å². The molecular formula is C20H20N2O2. The summed E-state index contributed by atoms with van der Waals surface area (Å²) in [4.78, 5) is 11.7. The molecule has 0 heterocycles. The lowest BCUT2D eigenvalue weighted by molar-refractivity contribution is -0.134. The van der Waals surface area contributed by atoms with Gasteiger partial charge in [-0.15, -0.1) is 12.3 Å². The second-order valence-corrected chi connectivity index (χ2v) is 5.25. The molecule has 4 nitrogen and oxygen atoms in total. The Morgan fingerprint density at radius 2 is 1.92 bits per heavy atom. The summed E-state index contributed by atoms with van der Waals surface area (Å²) in [5.74, 6) is 2.71. The third-order valence-electron chi connectivity index (χ3n) is 3.38. The van der Waals surface area contributed by atoms with Crippen LogP contribution in [0.1, 0.15) is 24.8 Å². The quantitative estimate of drug-likeness (QED) is 0.265. The molecule has 0 fully saturated rings. The van der Waals surface area contributed by atoms with Gasteiger partial charge in [-0.25, -0.2) is 0 Å². The molecule has 3 N–H and O–H groups in total. The van der Waals surface area contributed by atoms with Crippen LogP contribution < -0.4 is 15.8 Å². The molecule has 0 spiro atoms. The average molecular weight is 320 g/mol. The van der Waals surface area contributed by atoms with Crippen LogP contribution in [-0.2, 0) is 4.79 Å². The predicted molar refractivity (Wildman–Crippen MR) is 98.3 cm³/mol. The fraction of sp³-hybridized carbons (Fsp3) is 0.150. The van der Waals surface area contributed by atoms with E-state index in [1.807, 2.05) is 36.4 Å². The lowest BCUT2D eigenvalue weighted by Crippen LogP contribution is -2.07. The summed E-state index contributed by atoms with van der Waals surface area (Å²) >= 11 is 0. The first-order valence-electron chi connectivity index (χ1n) is 7.65. The summed E-state index contributed by atoms with van der Waals surface area (Å²) in [6, 6.07) is 14.6. The summed E-state index contributed by atoms with van der Waals surface area (Å²) < 4.78 is 5.26. The van der Waals surface area contributed by atoms with Crippen molar-refractivity contribution in [3.05, 3.63) is 60.7 Å². The number of nitrogens with two attached hydrogens (primary N) is 1. The second-order valence-electron chi connectivity index (χ2n) is 5.25. The highest BCUT2D eigenvalue weighted by molar-refractivity contribution is 5.81. The number of anilines is 2. The molecule has 0 aliphatic heterocycles. The largest absolute Gasteiger partial charge is 0.427 e. The fourth-order valence-electron chi connectivity index (χ4n) is 2.09. The third-order valence-corrected chi connectivity index (χ3v) is 3.38. The number of terminal acetylenes is 1. The van der Waals surface area contributed by atoms with Gasteiger partial charge in [-0.05, 0) is 48.4 Å². The van der Waals surface area contributed by atoms with E-state index >= 15 is 0 Å². The number of nitrogen functional groups attached to an aromatic ring is 1. The zero-order valence-corrected chi connectivity index (χ0v) is 13.4. The molecule has 0 radical (unpaired) electrons. The predicted octanol–water partition coefficient (Wildman–Crippen LogP) is 4.06. The van der Waals surface area contributed by atoms with Gasteiger partial charge in [-0.1, -0.05) is 18.7 Å². The Morgan fingerprint density at radius 1 is 1.21 bits per heavy atom. The highest BCUT2D eigenvalue weighted by Crippen LogP contribution is 2.23. The lowest BCUT2D eigenvalue weighted by Gasteiger charge is -2.12. The minimum absolute atomic E-state index is 0.285. The molecule has 4 heteroatoms. The van der Waals surface area contributed by atoms with Crippen molar-refractivity contribution in [2.75, 3.05) is 11.1 Å². The molecule has 122 valence electrons. The van der Waals surface area contributed by atoms with Crippen LogP contribution in [0.3, 0.4) is 0 Å². The molecule has 0 atom stereocenters. The van der Waals surface area contributed by atoms with Gasteiger partial charge in [0.25, 0.3) is 0 Å². The Hall–Kier alpha value is -3.19. The molecule has 0 aliphatic rings. The van der Waals surface area contributed by atoms with Crippen molar-refractivity contribution in [1.29, 1.82) is 0 Å². The average Bonchev–Trinajstić information content (AvgIpc) is 2.58. The topological polar surface area (TPSA) is 64.3 Å². The van der Waals surface area contributed by atoms with Crippen LogP contribution in [0.5, 0.6) is 5.75 Å². The van der Waals surface area contributed by atoms with E-state index < -0.39 is 0 Å². The molecule has 2 aromatic carbocycles. The minimum atomic E-state index is -0.285. The molecule has 0 bridgehead atoms. The van der Waals surface area contributed by atoms with Crippen molar-refractivity contribution >= 4 is 23.0 Å². The van der Waals surface area contributed by atoms with Crippen molar-refractivity contribution in [2.24, 2.45) is 0 Å². The Bertz CT molecular complexity index is 758. The van der Waals surface area contributed by atoms with Crippen molar-refractivity contribution in [3.63, 3.8) is 0 Å². The van der Waals surface area contributed by atoms with E-state index in [4.69, 9.17) is 16.9 Å². The summed E-state index contributed by atoms with van der Waals surface area (Å²) in [6.45, 7) is 4.01. The smallest absolute Gasteiger partial charge is 0.311 e. The Labute approximate surface area is 142 Å². The van der Waals surface area contributed by atoms with Crippen LogP contribution in [0, 0.1) is 12.3 Å². The summed E-state index contributed by atoms with van der Waals surface area (Å²) in [6.07, 6.45) is 6.67. The van der Waals surface area contributed by atoms with E-state index in [-0.39, 0.29) is 5.97 Å². The molecule has 2 rings (SSSR count). The van der Waals surface area contributed by atoms with Crippen LogP contribution in [0.4, 0.5) is 11.4 Å². The number of rotatable bonds is 7. The number of ether oxygens (including phenoxy) is 1. The van der Waals surface area contributed by atoms with Gasteiger partial charge in [-0.2, -0.15) is 0 Å². The number of hydrogen-bond acceptors (Lipinski definition) is 4. The van der Waals surface area contributed by atoms with E-state index in [0.717, 1.165) is 11.3 Å². The number of unbranched alkanes of at least 4 members (excludes halogenated alkanes) is 1. The van der Waals surface area contributed by atoms with E-state index in [0.29, 0.717) is 36.4 Å². The third kappa shape index (κ3) is 4.92. The molecule has 0 unspecified atom stereocenters. The summed E-state index contributed by atoms with van der Waals surface area (Å²) in [5, 5.41) is 3.18. The number of esters is 1. The highest BCUT2D eigenvalue weighted by Gasteiger charge is 2.06. The van der Waals surface area contributed by atoms with E-state index in [9.17, 15) is 4.79 Å². The number of hydrogen-bond donors (Lipinski definition) is 2. The monoisotopic (exact) mass is 320 g/mol. The number of benzene rings is 2. The van der Waals surface area contributed by atoms with Crippen molar-refractivity contribution in [2.45, 2.75) is 19.3 Å². The minimum Gasteiger partial charge on any atom is -0.427 e. The number of carbonyl (C=O) groups is 1. The zero-order valence-electron chi connectivity index (χ0n) is 13.4. The molecule has 0 aliphatic carbocycles. The van der Waals surface area contributed by atoms with Crippen molar-refractivity contribution in [1.82, 2.24) is 0 Å². The number of para-hydroxylation sites is 2. The van der Waals surface area contributed by atoms with Gasteiger partial charge in [0, 0.05) is 18.5 Å². The van der Waals surface area contributed by atoms with Gasteiger partial charge in [0.05, 0.1) is 11.4 Å². The molecule has 0 saturated heterocycles. The Balaban J connectivity index is 1.94. The van der Waals surface area contributed by atoms with Crippen molar-refractivity contribution < 1.29 is 9.53 Å².